The van der Waals surface area contributed by atoms with Crippen molar-refractivity contribution in [3.8, 4) is 0 Å². The van der Waals surface area contributed by atoms with Crippen LogP contribution in [0.25, 0.3) is 0 Å². The molecule has 2 saturated heterocycles. The molecule has 0 saturated carbocycles. The predicted octanol–water partition coefficient (Wildman–Crippen LogP) is 2.78. The SMILES string of the molecule is Cc1cc(C)c(C(=O)CN2C3CCC2CC(O)C3)cc1C. The van der Waals surface area contributed by atoms with Crippen molar-refractivity contribution >= 4 is 5.78 Å². The summed E-state index contributed by atoms with van der Waals surface area (Å²) in [4.78, 5) is 15.0. The van der Waals surface area contributed by atoms with Crippen LogP contribution >= 0.6 is 0 Å². The Hall–Kier alpha value is -1.19. The molecule has 2 unspecified atom stereocenters. The van der Waals surface area contributed by atoms with Crippen LogP contribution in [0.1, 0.15) is 52.7 Å². The lowest BCUT2D eigenvalue weighted by molar-refractivity contribution is 0.0344. The molecule has 1 aromatic rings. The molecular weight excluding hydrogens is 262 g/mol. The average Bonchev–Trinajstić information content (AvgIpc) is 2.66. The van der Waals surface area contributed by atoms with Gasteiger partial charge in [-0.15, -0.1) is 0 Å². The highest BCUT2D eigenvalue weighted by molar-refractivity contribution is 5.99. The number of Topliss-reactive ketones (excluding diaryl/α,β-unsaturated/α-hetero) is 1. The maximum absolute atomic E-state index is 12.7. The number of carbonyl (C=O) groups excluding carboxylic acids is 1. The number of benzene rings is 1. The van der Waals surface area contributed by atoms with Crippen LogP contribution in [-0.4, -0.2) is 40.5 Å². The molecule has 2 bridgehead atoms. The molecule has 2 aliphatic heterocycles. The Balaban J connectivity index is 1.77. The van der Waals surface area contributed by atoms with E-state index in [0.717, 1.165) is 36.8 Å². The standard InChI is InChI=1S/C18H25NO2/c1-11-6-13(3)17(7-12(11)2)18(21)10-19-14-4-5-15(19)9-16(20)8-14/h6-7,14-16,20H,4-5,8-10H2,1-3H3. The number of nitrogens with zero attached hydrogens (tertiary/aromatic N) is 1. The van der Waals surface area contributed by atoms with Crippen molar-refractivity contribution in [2.75, 3.05) is 6.54 Å². The van der Waals surface area contributed by atoms with Crippen molar-refractivity contribution in [2.24, 2.45) is 0 Å². The minimum atomic E-state index is -0.169. The molecule has 1 aromatic carbocycles. The molecule has 3 nitrogen and oxygen atoms in total. The molecule has 2 atom stereocenters. The van der Waals surface area contributed by atoms with Crippen molar-refractivity contribution < 1.29 is 9.90 Å². The monoisotopic (exact) mass is 287 g/mol. The summed E-state index contributed by atoms with van der Waals surface area (Å²) >= 11 is 0. The van der Waals surface area contributed by atoms with Gasteiger partial charge in [-0.2, -0.15) is 0 Å². The van der Waals surface area contributed by atoms with Crippen LogP contribution in [0.2, 0.25) is 0 Å². The summed E-state index contributed by atoms with van der Waals surface area (Å²) in [6.45, 7) is 6.68. The van der Waals surface area contributed by atoms with Gasteiger partial charge in [-0.05, 0) is 69.2 Å². The molecular formula is C18H25NO2. The summed E-state index contributed by atoms with van der Waals surface area (Å²) in [5.41, 5.74) is 4.36. The first-order chi connectivity index (χ1) is 9.95. The van der Waals surface area contributed by atoms with Crippen molar-refractivity contribution in [1.82, 2.24) is 4.90 Å². The normalized spacial score (nSPS) is 28.9. The molecule has 2 fully saturated rings. The average molecular weight is 287 g/mol. The van der Waals surface area contributed by atoms with E-state index in [-0.39, 0.29) is 11.9 Å². The van der Waals surface area contributed by atoms with E-state index < -0.39 is 0 Å². The summed E-state index contributed by atoms with van der Waals surface area (Å²) in [5, 5.41) is 9.86. The molecule has 0 amide bonds. The minimum Gasteiger partial charge on any atom is -0.393 e. The molecule has 0 aliphatic carbocycles. The number of hydrogen-bond donors (Lipinski definition) is 1. The van der Waals surface area contributed by atoms with E-state index >= 15 is 0 Å². The van der Waals surface area contributed by atoms with Gasteiger partial charge in [-0.25, -0.2) is 0 Å². The van der Waals surface area contributed by atoms with E-state index in [2.05, 4.69) is 24.8 Å². The Morgan fingerprint density at radius 2 is 1.67 bits per heavy atom. The van der Waals surface area contributed by atoms with Crippen LogP contribution < -0.4 is 0 Å². The van der Waals surface area contributed by atoms with Crippen LogP contribution in [-0.2, 0) is 0 Å². The molecule has 0 aromatic heterocycles. The lowest BCUT2D eigenvalue weighted by Gasteiger charge is -2.36. The number of ketones is 1. The Labute approximate surface area is 127 Å². The number of aryl methyl sites for hydroxylation is 3. The van der Waals surface area contributed by atoms with Gasteiger partial charge in [-0.1, -0.05) is 6.07 Å². The van der Waals surface area contributed by atoms with Crippen LogP contribution in [0, 0.1) is 20.8 Å². The van der Waals surface area contributed by atoms with Gasteiger partial charge in [0, 0.05) is 17.6 Å². The van der Waals surface area contributed by atoms with Gasteiger partial charge in [0.15, 0.2) is 5.78 Å². The highest BCUT2D eigenvalue weighted by Crippen LogP contribution is 2.35. The van der Waals surface area contributed by atoms with E-state index in [9.17, 15) is 9.90 Å². The predicted molar refractivity (Wildman–Crippen MR) is 83.7 cm³/mol. The van der Waals surface area contributed by atoms with Crippen LogP contribution in [0.3, 0.4) is 0 Å². The quantitative estimate of drug-likeness (QED) is 0.869. The van der Waals surface area contributed by atoms with Gasteiger partial charge < -0.3 is 5.11 Å². The fraction of sp³-hybridized carbons (Fsp3) is 0.611. The summed E-state index contributed by atoms with van der Waals surface area (Å²) < 4.78 is 0. The first-order valence-electron chi connectivity index (χ1n) is 8.00. The smallest absolute Gasteiger partial charge is 0.177 e. The maximum Gasteiger partial charge on any atom is 0.177 e. The number of aliphatic hydroxyl groups excluding tert-OH is 1. The minimum absolute atomic E-state index is 0.169. The van der Waals surface area contributed by atoms with Gasteiger partial charge >= 0.3 is 0 Å². The number of aliphatic hydroxyl groups is 1. The van der Waals surface area contributed by atoms with Gasteiger partial charge in [-0.3, -0.25) is 9.69 Å². The zero-order valence-corrected chi connectivity index (χ0v) is 13.2. The summed E-state index contributed by atoms with van der Waals surface area (Å²) in [7, 11) is 0. The maximum atomic E-state index is 12.7. The second kappa shape index (κ2) is 5.54. The number of piperidine rings is 1. The second-order valence-electron chi connectivity index (χ2n) is 6.86. The lowest BCUT2D eigenvalue weighted by Crippen LogP contribution is -2.47. The van der Waals surface area contributed by atoms with Crippen molar-refractivity contribution in [3.63, 3.8) is 0 Å². The summed E-state index contributed by atoms with van der Waals surface area (Å²) in [6.07, 6.45) is 3.74. The number of carbonyl (C=O) groups is 1. The third-order valence-electron chi connectivity index (χ3n) is 5.33. The van der Waals surface area contributed by atoms with Crippen LogP contribution in [0.15, 0.2) is 12.1 Å². The molecule has 2 heterocycles. The van der Waals surface area contributed by atoms with E-state index in [1.807, 2.05) is 13.0 Å². The molecule has 114 valence electrons. The molecule has 21 heavy (non-hydrogen) atoms. The highest BCUT2D eigenvalue weighted by Gasteiger charge is 2.40. The summed E-state index contributed by atoms with van der Waals surface area (Å²) in [6, 6.07) is 4.94. The number of rotatable bonds is 3. The molecule has 0 radical (unpaired) electrons. The van der Waals surface area contributed by atoms with Crippen LogP contribution in [0.5, 0.6) is 0 Å². The zero-order chi connectivity index (χ0) is 15.1. The highest BCUT2D eigenvalue weighted by atomic mass is 16.3. The molecule has 3 rings (SSSR count). The zero-order valence-electron chi connectivity index (χ0n) is 13.2. The molecule has 2 aliphatic rings. The van der Waals surface area contributed by atoms with E-state index in [0.29, 0.717) is 18.6 Å². The third-order valence-corrected chi connectivity index (χ3v) is 5.33. The first-order valence-corrected chi connectivity index (χ1v) is 8.00. The van der Waals surface area contributed by atoms with Crippen molar-refractivity contribution in [2.45, 2.75) is 64.6 Å². The van der Waals surface area contributed by atoms with Gasteiger partial charge in [0.25, 0.3) is 0 Å². The number of hydrogen-bond acceptors (Lipinski definition) is 3. The summed E-state index contributed by atoms with van der Waals surface area (Å²) in [5.74, 6) is 0.226. The fourth-order valence-corrected chi connectivity index (χ4v) is 4.02. The van der Waals surface area contributed by atoms with E-state index in [1.54, 1.807) is 0 Å². The van der Waals surface area contributed by atoms with Crippen molar-refractivity contribution in [1.29, 1.82) is 0 Å². The van der Waals surface area contributed by atoms with Gasteiger partial charge in [0.2, 0.25) is 0 Å². The Bertz CT molecular complexity index is 553. The lowest BCUT2D eigenvalue weighted by atomic mass is 9.95. The fourth-order valence-electron chi connectivity index (χ4n) is 4.02. The van der Waals surface area contributed by atoms with Gasteiger partial charge in [0.1, 0.15) is 0 Å². The molecule has 0 spiro atoms. The topological polar surface area (TPSA) is 40.5 Å². The van der Waals surface area contributed by atoms with E-state index in [1.165, 1.54) is 11.1 Å². The Morgan fingerprint density at radius 1 is 1.10 bits per heavy atom. The third kappa shape index (κ3) is 2.77. The molecule has 3 heteroatoms. The largest absolute Gasteiger partial charge is 0.393 e. The second-order valence-corrected chi connectivity index (χ2v) is 6.86. The van der Waals surface area contributed by atoms with Crippen molar-refractivity contribution in [3.05, 3.63) is 34.4 Å². The van der Waals surface area contributed by atoms with E-state index in [4.69, 9.17) is 0 Å². The number of fused-ring (bicyclic) bond motifs is 2. The van der Waals surface area contributed by atoms with Gasteiger partial charge in [0.05, 0.1) is 12.6 Å². The first kappa shape index (κ1) is 14.7. The Kier molecular flexibility index (Phi) is 3.89. The Morgan fingerprint density at radius 3 is 2.29 bits per heavy atom. The van der Waals surface area contributed by atoms with Crippen LogP contribution in [0.4, 0.5) is 0 Å². The molecule has 1 N–H and O–H groups in total.